The van der Waals surface area contributed by atoms with Crippen LogP contribution >= 0.6 is 0 Å². The van der Waals surface area contributed by atoms with Gasteiger partial charge in [0.1, 0.15) is 5.82 Å². The first-order chi connectivity index (χ1) is 8.60. The summed E-state index contributed by atoms with van der Waals surface area (Å²) in [4.78, 5) is 11.5. The maximum Gasteiger partial charge on any atom is 0.269 e. The van der Waals surface area contributed by atoms with Crippen molar-refractivity contribution in [3.05, 3.63) is 57.8 Å². The van der Waals surface area contributed by atoms with Crippen molar-refractivity contribution in [3.8, 4) is 6.07 Å². The third-order valence-electron chi connectivity index (χ3n) is 2.39. The van der Waals surface area contributed by atoms with Crippen molar-refractivity contribution in [2.75, 3.05) is 5.73 Å². The van der Waals surface area contributed by atoms with Gasteiger partial charge >= 0.3 is 0 Å². The van der Waals surface area contributed by atoms with Gasteiger partial charge in [-0.05, 0) is 12.1 Å². The molecule has 0 bridgehead atoms. The van der Waals surface area contributed by atoms with Crippen LogP contribution < -0.4 is 11.3 Å². The van der Waals surface area contributed by atoms with Gasteiger partial charge in [0.15, 0.2) is 0 Å². The summed E-state index contributed by atoms with van der Waals surface area (Å²) in [6.45, 7) is -0.00332. The molecule has 0 radical (unpaired) electrons. The standard InChI is InChI=1S/C12H9FN4O/c13-11-3-8(5-14)1-2-9(11)7-17-12(18)4-10(15)6-16-17/h1-4,6H,7,15H2. The van der Waals surface area contributed by atoms with Crippen LogP contribution in [0.4, 0.5) is 10.1 Å². The van der Waals surface area contributed by atoms with Gasteiger partial charge in [0.2, 0.25) is 0 Å². The molecule has 0 aliphatic carbocycles. The largest absolute Gasteiger partial charge is 0.397 e. The Balaban J connectivity index is 2.35. The lowest BCUT2D eigenvalue weighted by molar-refractivity contribution is 0.572. The molecule has 0 aliphatic heterocycles. The van der Waals surface area contributed by atoms with E-state index in [4.69, 9.17) is 11.0 Å². The molecular formula is C12H9FN4O. The second kappa shape index (κ2) is 4.67. The van der Waals surface area contributed by atoms with Crippen LogP contribution in [0.1, 0.15) is 11.1 Å². The lowest BCUT2D eigenvalue weighted by Gasteiger charge is -2.05. The number of nitrogen functional groups attached to an aromatic ring is 1. The second-order valence-electron chi connectivity index (χ2n) is 3.70. The fourth-order valence-electron chi connectivity index (χ4n) is 1.47. The zero-order valence-corrected chi connectivity index (χ0v) is 9.30. The summed E-state index contributed by atoms with van der Waals surface area (Å²) in [5.41, 5.74) is 5.78. The molecule has 1 heterocycles. The van der Waals surface area contributed by atoms with Crippen molar-refractivity contribution >= 4 is 5.69 Å². The molecule has 0 spiro atoms. The van der Waals surface area contributed by atoms with Gasteiger partial charge in [-0.3, -0.25) is 4.79 Å². The summed E-state index contributed by atoms with van der Waals surface area (Å²) in [5, 5.41) is 12.4. The molecule has 0 saturated carbocycles. The van der Waals surface area contributed by atoms with Crippen LogP contribution in [0, 0.1) is 17.1 Å². The van der Waals surface area contributed by atoms with Gasteiger partial charge in [-0.25, -0.2) is 9.07 Å². The molecule has 5 nitrogen and oxygen atoms in total. The zero-order valence-electron chi connectivity index (χ0n) is 9.30. The number of benzene rings is 1. The molecule has 0 fully saturated rings. The van der Waals surface area contributed by atoms with E-state index in [1.807, 2.05) is 6.07 Å². The highest BCUT2D eigenvalue weighted by molar-refractivity contribution is 5.34. The Kier molecular flexibility index (Phi) is 3.06. The van der Waals surface area contributed by atoms with Crippen LogP contribution in [0.5, 0.6) is 0 Å². The molecule has 0 saturated heterocycles. The minimum absolute atomic E-state index is 0.00332. The third kappa shape index (κ3) is 2.35. The van der Waals surface area contributed by atoms with E-state index in [1.54, 1.807) is 0 Å². The molecular weight excluding hydrogens is 235 g/mol. The zero-order chi connectivity index (χ0) is 13.1. The van der Waals surface area contributed by atoms with Gasteiger partial charge in [-0.1, -0.05) is 6.07 Å². The Morgan fingerprint density at radius 1 is 1.44 bits per heavy atom. The number of nitriles is 1. The average Bonchev–Trinajstić information content (AvgIpc) is 2.34. The fourth-order valence-corrected chi connectivity index (χ4v) is 1.47. The molecule has 0 unspecified atom stereocenters. The van der Waals surface area contributed by atoms with Crippen LogP contribution in [0.15, 0.2) is 35.3 Å². The Morgan fingerprint density at radius 3 is 2.83 bits per heavy atom. The quantitative estimate of drug-likeness (QED) is 0.849. The number of nitrogens with zero attached hydrogens (tertiary/aromatic N) is 3. The van der Waals surface area contributed by atoms with Crippen LogP contribution in [-0.4, -0.2) is 9.78 Å². The SMILES string of the molecule is N#Cc1ccc(Cn2ncc(N)cc2=O)c(F)c1. The molecule has 18 heavy (non-hydrogen) atoms. The van der Waals surface area contributed by atoms with Crippen LogP contribution in [0.25, 0.3) is 0 Å². The first kappa shape index (κ1) is 11.8. The number of nitrogens with two attached hydrogens (primary N) is 1. The molecule has 1 aromatic heterocycles. The maximum atomic E-state index is 13.6. The van der Waals surface area contributed by atoms with E-state index >= 15 is 0 Å². The summed E-state index contributed by atoms with van der Waals surface area (Å²) in [6.07, 6.45) is 1.32. The van der Waals surface area contributed by atoms with Crippen molar-refractivity contribution in [1.29, 1.82) is 5.26 Å². The summed E-state index contributed by atoms with van der Waals surface area (Å²) >= 11 is 0. The molecule has 2 aromatic rings. The highest BCUT2D eigenvalue weighted by atomic mass is 19.1. The van der Waals surface area contributed by atoms with E-state index in [9.17, 15) is 9.18 Å². The lowest BCUT2D eigenvalue weighted by Crippen LogP contribution is -2.23. The first-order valence-corrected chi connectivity index (χ1v) is 5.11. The summed E-state index contributed by atoms with van der Waals surface area (Å²) in [6, 6.07) is 7.12. The van der Waals surface area contributed by atoms with E-state index in [2.05, 4.69) is 5.10 Å². The molecule has 0 aliphatic rings. The normalized spacial score (nSPS) is 10.0. The lowest BCUT2D eigenvalue weighted by atomic mass is 10.1. The molecule has 0 atom stereocenters. The smallest absolute Gasteiger partial charge is 0.269 e. The van der Waals surface area contributed by atoms with Crippen LogP contribution in [0.3, 0.4) is 0 Å². The molecule has 2 N–H and O–H groups in total. The molecule has 2 rings (SSSR count). The highest BCUT2D eigenvalue weighted by Crippen LogP contribution is 2.10. The van der Waals surface area contributed by atoms with Crippen LogP contribution in [-0.2, 0) is 6.54 Å². The highest BCUT2D eigenvalue weighted by Gasteiger charge is 2.06. The Hall–Kier alpha value is -2.68. The fraction of sp³-hybridized carbons (Fsp3) is 0.0833. The Morgan fingerprint density at radius 2 is 2.22 bits per heavy atom. The average molecular weight is 244 g/mol. The van der Waals surface area contributed by atoms with Crippen LogP contribution in [0.2, 0.25) is 0 Å². The molecule has 90 valence electrons. The van der Waals surface area contributed by atoms with Gasteiger partial charge in [0.05, 0.1) is 30.1 Å². The van der Waals surface area contributed by atoms with E-state index in [1.165, 1.54) is 24.4 Å². The van der Waals surface area contributed by atoms with E-state index < -0.39 is 11.4 Å². The first-order valence-electron chi connectivity index (χ1n) is 5.11. The van der Waals surface area contributed by atoms with Gasteiger partial charge in [0, 0.05) is 11.6 Å². The van der Waals surface area contributed by atoms with Gasteiger partial charge < -0.3 is 5.73 Å². The number of hydrogen-bond acceptors (Lipinski definition) is 4. The minimum Gasteiger partial charge on any atom is -0.397 e. The number of anilines is 1. The number of rotatable bonds is 2. The van der Waals surface area contributed by atoms with Crippen molar-refractivity contribution in [2.24, 2.45) is 0 Å². The monoisotopic (exact) mass is 244 g/mol. The summed E-state index contributed by atoms with van der Waals surface area (Å²) < 4.78 is 14.7. The topological polar surface area (TPSA) is 84.7 Å². The summed E-state index contributed by atoms with van der Waals surface area (Å²) in [5.74, 6) is -0.542. The minimum atomic E-state index is -0.542. The van der Waals surface area contributed by atoms with Gasteiger partial charge in [-0.2, -0.15) is 10.4 Å². The van der Waals surface area contributed by atoms with Crippen molar-refractivity contribution in [3.63, 3.8) is 0 Å². The predicted molar refractivity (Wildman–Crippen MR) is 63.1 cm³/mol. The number of aromatic nitrogens is 2. The Labute approximate surface area is 102 Å². The number of hydrogen-bond donors (Lipinski definition) is 1. The van der Waals surface area contributed by atoms with Crippen molar-refractivity contribution < 1.29 is 4.39 Å². The maximum absolute atomic E-state index is 13.6. The second-order valence-corrected chi connectivity index (χ2v) is 3.70. The van der Waals surface area contributed by atoms with Gasteiger partial charge in [-0.15, -0.1) is 0 Å². The molecule has 1 aromatic carbocycles. The summed E-state index contributed by atoms with van der Waals surface area (Å²) in [7, 11) is 0. The van der Waals surface area contributed by atoms with Gasteiger partial charge in [0.25, 0.3) is 5.56 Å². The van der Waals surface area contributed by atoms with Crippen molar-refractivity contribution in [1.82, 2.24) is 9.78 Å². The number of halogens is 1. The predicted octanol–water partition coefficient (Wildman–Crippen LogP) is 0.885. The van der Waals surface area contributed by atoms with E-state index in [0.29, 0.717) is 0 Å². The molecule has 6 heteroatoms. The van der Waals surface area contributed by atoms with E-state index in [0.717, 1.165) is 10.7 Å². The Bertz CT molecular complexity index is 687. The van der Waals surface area contributed by atoms with E-state index in [-0.39, 0.29) is 23.4 Å². The van der Waals surface area contributed by atoms with Crippen molar-refractivity contribution in [2.45, 2.75) is 6.54 Å². The third-order valence-corrected chi connectivity index (χ3v) is 2.39. The molecule has 0 amide bonds.